The highest BCUT2D eigenvalue weighted by Crippen LogP contribution is 2.47. The van der Waals surface area contributed by atoms with E-state index < -0.39 is 18.2 Å². The number of esters is 1. The van der Waals surface area contributed by atoms with Gasteiger partial charge >= 0.3 is 5.97 Å². The van der Waals surface area contributed by atoms with E-state index in [0.29, 0.717) is 30.1 Å². The van der Waals surface area contributed by atoms with Crippen LogP contribution in [0.15, 0.2) is 41.3 Å². The van der Waals surface area contributed by atoms with Crippen LogP contribution in [-0.2, 0) is 15.1 Å². The second-order valence-electron chi connectivity index (χ2n) is 8.28. The zero-order valence-electron chi connectivity index (χ0n) is 17.6. The van der Waals surface area contributed by atoms with Crippen LogP contribution in [-0.4, -0.2) is 41.0 Å². The average molecular weight is 432 g/mol. The van der Waals surface area contributed by atoms with Crippen LogP contribution in [0.3, 0.4) is 0 Å². The number of alkyl halides is 2. The van der Waals surface area contributed by atoms with Gasteiger partial charge in [-0.05, 0) is 44.4 Å². The van der Waals surface area contributed by atoms with Crippen molar-refractivity contribution in [3.05, 3.63) is 53.0 Å². The first-order valence-corrected chi connectivity index (χ1v) is 10.2. The Morgan fingerprint density at radius 1 is 1.48 bits per heavy atom. The SMILES string of the molecule is CCOC(=O)C1CC1C1=CN2C(c3cc(C(C)(O)C(F)F)ccc3C)=CNC2C(N)=N1. The van der Waals surface area contributed by atoms with Crippen molar-refractivity contribution < 1.29 is 23.4 Å². The molecular weight excluding hydrogens is 406 g/mol. The Hall–Kier alpha value is -2.94. The van der Waals surface area contributed by atoms with Gasteiger partial charge in [0.1, 0.15) is 11.4 Å². The Balaban J connectivity index is 1.64. The first-order chi connectivity index (χ1) is 14.6. The van der Waals surface area contributed by atoms with Gasteiger partial charge in [-0.3, -0.25) is 4.79 Å². The number of carbonyl (C=O) groups is 1. The molecule has 7 nitrogen and oxygen atoms in total. The number of halogens is 2. The van der Waals surface area contributed by atoms with Gasteiger partial charge in [0.05, 0.1) is 23.9 Å². The minimum atomic E-state index is -2.93. The summed E-state index contributed by atoms with van der Waals surface area (Å²) in [7, 11) is 0. The summed E-state index contributed by atoms with van der Waals surface area (Å²) < 4.78 is 31.8. The summed E-state index contributed by atoms with van der Waals surface area (Å²) in [5, 5.41) is 13.4. The number of ether oxygens (including phenoxy) is 1. The maximum atomic E-state index is 13.4. The van der Waals surface area contributed by atoms with E-state index in [1.54, 1.807) is 25.3 Å². The van der Waals surface area contributed by atoms with E-state index in [1.165, 1.54) is 6.07 Å². The molecule has 4 N–H and O–H groups in total. The molecule has 1 aliphatic carbocycles. The number of aliphatic hydroxyl groups is 1. The lowest BCUT2D eigenvalue weighted by Gasteiger charge is -2.31. The quantitative estimate of drug-likeness (QED) is 0.597. The number of nitrogens with two attached hydrogens (primary N) is 1. The number of carbonyl (C=O) groups excluding carboxylic acids is 1. The number of aliphatic imine (C=N–C) groups is 1. The van der Waals surface area contributed by atoms with Gasteiger partial charge in [-0.1, -0.05) is 12.1 Å². The molecule has 1 fully saturated rings. The predicted molar refractivity (Wildman–Crippen MR) is 111 cm³/mol. The van der Waals surface area contributed by atoms with E-state index in [1.807, 2.05) is 18.0 Å². The van der Waals surface area contributed by atoms with Gasteiger partial charge in [0.2, 0.25) is 0 Å². The van der Waals surface area contributed by atoms with Gasteiger partial charge in [-0.25, -0.2) is 13.8 Å². The number of hydrogen-bond acceptors (Lipinski definition) is 7. The highest BCUT2D eigenvalue weighted by Gasteiger charge is 2.48. The fourth-order valence-corrected chi connectivity index (χ4v) is 3.97. The first-order valence-electron chi connectivity index (χ1n) is 10.2. The van der Waals surface area contributed by atoms with Gasteiger partial charge in [0.25, 0.3) is 6.43 Å². The highest BCUT2D eigenvalue weighted by molar-refractivity contribution is 5.91. The Morgan fingerprint density at radius 3 is 2.90 bits per heavy atom. The van der Waals surface area contributed by atoms with Crippen LogP contribution in [0.5, 0.6) is 0 Å². The topological polar surface area (TPSA) is 100 Å². The lowest BCUT2D eigenvalue weighted by molar-refractivity contribution is -0.144. The minimum absolute atomic E-state index is 0.0626. The van der Waals surface area contributed by atoms with E-state index in [0.717, 1.165) is 18.2 Å². The van der Waals surface area contributed by atoms with Crippen molar-refractivity contribution in [3.8, 4) is 0 Å². The van der Waals surface area contributed by atoms with Crippen molar-refractivity contribution in [2.45, 2.75) is 45.4 Å². The number of hydrogen-bond donors (Lipinski definition) is 3. The van der Waals surface area contributed by atoms with Crippen LogP contribution in [0.1, 0.15) is 37.0 Å². The normalized spacial score (nSPS) is 26.4. The van der Waals surface area contributed by atoms with Crippen molar-refractivity contribution >= 4 is 17.5 Å². The number of nitrogens with one attached hydrogen (secondary N) is 1. The Morgan fingerprint density at radius 2 is 2.23 bits per heavy atom. The highest BCUT2D eigenvalue weighted by atomic mass is 19.3. The van der Waals surface area contributed by atoms with Crippen LogP contribution in [0, 0.1) is 18.8 Å². The van der Waals surface area contributed by atoms with E-state index in [4.69, 9.17) is 10.5 Å². The summed E-state index contributed by atoms with van der Waals surface area (Å²) >= 11 is 0. The third-order valence-electron chi connectivity index (χ3n) is 6.03. The lowest BCUT2D eigenvalue weighted by atomic mass is 9.92. The van der Waals surface area contributed by atoms with Crippen LogP contribution in [0.4, 0.5) is 8.78 Å². The molecule has 4 atom stereocenters. The molecule has 1 aromatic rings. The number of amidine groups is 1. The van der Waals surface area contributed by atoms with Crippen molar-refractivity contribution in [1.29, 1.82) is 0 Å². The fourth-order valence-electron chi connectivity index (χ4n) is 3.97. The van der Waals surface area contributed by atoms with Gasteiger partial charge in [-0.2, -0.15) is 0 Å². The molecule has 166 valence electrons. The van der Waals surface area contributed by atoms with Crippen LogP contribution in [0.2, 0.25) is 0 Å². The molecule has 0 spiro atoms. The summed E-state index contributed by atoms with van der Waals surface area (Å²) in [5.74, 6) is -0.176. The second kappa shape index (κ2) is 7.64. The molecule has 1 aromatic carbocycles. The number of allylic oxidation sites excluding steroid dienone is 1. The first kappa shape index (κ1) is 21.3. The summed E-state index contributed by atoms with van der Waals surface area (Å²) in [5.41, 5.74) is 7.01. The maximum Gasteiger partial charge on any atom is 0.309 e. The molecule has 31 heavy (non-hydrogen) atoms. The monoisotopic (exact) mass is 432 g/mol. The summed E-state index contributed by atoms with van der Waals surface area (Å²) in [6, 6.07) is 4.79. The number of nitrogens with zero attached hydrogens (tertiary/aromatic N) is 2. The molecular formula is C22H26F2N4O3. The van der Waals surface area contributed by atoms with Gasteiger partial charge < -0.3 is 25.8 Å². The van der Waals surface area contributed by atoms with E-state index in [2.05, 4.69) is 10.3 Å². The Bertz CT molecular complexity index is 1000. The average Bonchev–Trinajstić information content (AvgIpc) is 3.41. The third-order valence-corrected chi connectivity index (χ3v) is 6.03. The molecule has 0 aromatic heterocycles. The number of rotatable bonds is 6. The molecule has 0 radical (unpaired) electrons. The Labute approximate surface area is 179 Å². The van der Waals surface area contributed by atoms with Crippen LogP contribution in [0.25, 0.3) is 5.70 Å². The fraction of sp³-hybridized carbons (Fsp3) is 0.455. The van der Waals surface area contributed by atoms with Crippen molar-refractivity contribution in [3.63, 3.8) is 0 Å². The molecule has 9 heteroatoms. The molecule has 2 heterocycles. The zero-order chi connectivity index (χ0) is 22.5. The number of aryl methyl sites for hydroxylation is 1. The van der Waals surface area contributed by atoms with Gasteiger partial charge in [0, 0.05) is 23.9 Å². The minimum Gasteiger partial charge on any atom is -0.466 e. The van der Waals surface area contributed by atoms with Gasteiger partial charge in [0.15, 0.2) is 6.17 Å². The lowest BCUT2D eigenvalue weighted by Crippen LogP contribution is -2.47. The van der Waals surface area contributed by atoms with Crippen LogP contribution >= 0.6 is 0 Å². The van der Waals surface area contributed by atoms with Crippen molar-refractivity contribution in [2.24, 2.45) is 22.6 Å². The predicted octanol–water partition coefficient (Wildman–Crippen LogP) is 2.41. The molecule has 3 aliphatic rings. The molecule has 1 saturated carbocycles. The Kier molecular flexibility index (Phi) is 5.25. The third kappa shape index (κ3) is 3.67. The number of benzene rings is 1. The molecule has 2 aliphatic heterocycles. The molecule has 4 rings (SSSR count). The summed E-state index contributed by atoms with van der Waals surface area (Å²) in [4.78, 5) is 18.4. The van der Waals surface area contributed by atoms with Crippen molar-refractivity contribution in [2.75, 3.05) is 6.61 Å². The maximum absolute atomic E-state index is 13.4. The standard InChI is InChI=1S/C22H26F2N4O3/c1-4-31-20(29)15-8-14(15)16-10-28-17(9-26-19(28)18(25)27-16)13-7-12(6-5-11(13)2)22(3,30)21(23)24/h5-7,9-10,14-15,19,21,26,30H,4,8H2,1-3H3,(H2,25,27). The molecule has 0 amide bonds. The van der Waals surface area contributed by atoms with Gasteiger partial charge in [-0.15, -0.1) is 0 Å². The van der Waals surface area contributed by atoms with E-state index >= 15 is 0 Å². The summed E-state index contributed by atoms with van der Waals surface area (Å²) in [6.45, 7) is 5.07. The van der Waals surface area contributed by atoms with E-state index in [9.17, 15) is 18.7 Å². The van der Waals surface area contributed by atoms with E-state index in [-0.39, 0.29) is 23.4 Å². The largest absolute Gasteiger partial charge is 0.466 e. The zero-order valence-corrected chi connectivity index (χ0v) is 17.6. The molecule has 4 unspecified atom stereocenters. The number of fused-ring (bicyclic) bond motifs is 1. The second-order valence-corrected chi connectivity index (χ2v) is 8.28. The molecule has 0 bridgehead atoms. The van der Waals surface area contributed by atoms with Crippen LogP contribution < -0.4 is 11.1 Å². The van der Waals surface area contributed by atoms with Crippen molar-refractivity contribution in [1.82, 2.24) is 10.2 Å². The summed E-state index contributed by atoms with van der Waals surface area (Å²) in [6.07, 6.45) is 0.917. The smallest absolute Gasteiger partial charge is 0.309 e. The molecule has 0 saturated heterocycles.